The molecule has 1 unspecified atom stereocenters. The van der Waals surface area contributed by atoms with E-state index in [1.54, 1.807) is 7.11 Å². The molecule has 1 atom stereocenters. The highest BCUT2D eigenvalue weighted by Gasteiger charge is 2.21. The van der Waals surface area contributed by atoms with E-state index in [0.29, 0.717) is 30.6 Å². The van der Waals surface area contributed by atoms with Gasteiger partial charge < -0.3 is 24.9 Å². The maximum atomic E-state index is 6.11. The van der Waals surface area contributed by atoms with Crippen molar-refractivity contribution in [1.82, 2.24) is 5.32 Å². The zero-order valence-electron chi connectivity index (χ0n) is 14.6. The van der Waals surface area contributed by atoms with E-state index in [4.69, 9.17) is 19.6 Å². The molecule has 6 heteroatoms. The van der Waals surface area contributed by atoms with Crippen molar-refractivity contribution in [2.75, 3.05) is 13.7 Å². The van der Waals surface area contributed by atoms with Gasteiger partial charge in [0.05, 0.1) is 25.1 Å². The summed E-state index contributed by atoms with van der Waals surface area (Å²) in [7, 11) is 1.63. The van der Waals surface area contributed by atoms with Crippen LogP contribution in [-0.4, -0.2) is 19.7 Å². The number of ether oxygens (including phenoxy) is 2. The zero-order chi connectivity index (χ0) is 17.9. The molecule has 0 radical (unpaired) electrons. The van der Waals surface area contributed by atoms with E-state index in [1.807, 2.05) is 48.5 Å². The van der Waals surface area contributed by atoms with Crippen molar-refractivity contribution in [3.05, 3.63) is 59.9 Å². The van der Waals surface area contributed by atoms with Crippen LogP contribution in [0.1, 0.15) is 23.8 Å². The third-order valence-corrected chi connectivity index (χ3v) is 4.50. The Kier molecular flexibility index (Phi) is 4.39. The van der Waals surface area contributed by atoms with Crippen LogP contribution in [0, 0.1) is 0 Å². The molecule has 2 heterocycles. The molecule has 4 rings (SSSR count). The van der Waals surface area contributed by atoms with Crippen LogP contribution in [0.3, 0.4) is 0 Å². The fourth-order valence-electron chi connectivity index (χ4n) is 3.27. The van der Waals surface area contributed by atoms with Gasteiger partial charge in [-0.15, -0.1) is 0 Å². The summed E-state index contributed by atoms with van der Waals surface area (Å²) in [5, 5.41) is 4.22. The topological polar surface area (TPSA) is 82.0 Å². The number of nitrogens with zero attached hydrogens (tertiary/aromatic N) is 1. The first kappa shape index (κ1) is 16.3. The molecular weight excluding hydrogens is 330 g/mol. The Balaban J connectivity index is 1.51. The van der Waals surface area contributed by atoms with Crippen LogP contribution in [0.2, 0.25) is 0 Å². The molecule has 0 amide bonds. The minimum Gasteiger partial charge on any atom is -0.493 e. The van der Waals surface area contributed by atoms with E-state index < -0.39 is 0 Å². The average Bonchev–Trinajstić information content (AvgIpc) is 3.04. The van der Waals surface area contributed by atoms with Crippen LogP contribution < -0.4 is 20.5 Å². The lowest BCUT2D eigenvalue weighted by atomic mass is 10.0. The van der Waals surface area contributed by atoms with Gasteiger partial charge in [0.15, 0.2) is 17.5 Å². The fraction of sp³-hybridized carbons (Fsp3) is 0.250. The number of hydrogen-bond donors (Lipinski definition) is 2. The summed E-state index contributed by atoms with van der Waals surface area (Å²) < 4.78 is 17.0. The normalized spacial score (nSPS) is 16.8. The van der Waals surface area contributed by atoms with Crippen molar-refractivity contribution in [3.8, 4) is 11.5 Å². The molecule has 134 valence electrons. The molecule has 0 fully saturated rings. The zero-order valence-corrected chi connectivity index (χ0v) is 14.6. The van der Waals surface area contributed by atoms with Crippen molar-refractivity contribution in [1.29, 1.82) is 0 Å². The summed E-state index contributed by atoms with van der Waals surface area (Å²) in [5.41, 5.74) is 7.98. The summed E-state index contributed by atoms with van der Waals surface area (Å²) in [6.45, 7) is 0.959. The number of hydrogen-bond acceptors (Lipinski definition) is 4. The Labute approximate surface area is 151 Å². The second-order valence-electron chi connectivity index (χ2n) is 6.13. The van der Waals surface area contributed by atoms with E-state index in [1.165, 1.54) is 0 Å². The molecule has 1 aliphatic heterocycles. The highest BCUT2D eigenvalue weighted by atomic mass is 16.5. The van der Waals surface area contributed by atoms with Crippen molar-refractivity contribution >= 4 is 16.9 Å². The van der Waals surface area contributed by atoms with Crippen molar-refractivity contribution < 1.29 is 13.9 Å². The predicted molar refractivity (Wildman–Crippen MR) is 101 cm³/mol. The van der Waals surface area contributed by atoms with Gasteiger partial charge in [-0.25, -0.2) is 4.99 Å². The number of nitrogens with two attached hydrogens (primary N) is 1. The van der Waals surface area contributed by atoms with E-state index in [0.717, 1.165) is 28.7 Å². The van der Waals surface area contributed by atoms with Crippen LogP contribution in [0.5, 0.6) is 11.5 Å². The minimum absolute atomic E-state index is 0.0845. The molecule has 2 aromatic carbocycles. The first-order valence-electron chi connectivity index (χ1n) is 8.59. The van der Waals surface area contributed by atoms with Crippen LogP contribution in [0.25, 0.3) is 11.0 Å². The van der Waals surface area contributed by atoms with E-state index in [-0.39, 0.29) is 6.04 Å². The van der Waals surface area contributed by atoms with E-state index in [9.17, 15) is 0 Å². The van der Waals surface area contributed by atoms with Crippen molar-refractivity contribution in [2.24, 2.45) is 10.7 Å². The molecule has 0 spiro atoms. The summed E-state index contributed by atoms with van der Waals surface area (Å²) in [4.78, 5) is 4.43. The average molecular weight is 351 g/mol. The third kappa shape index (κ3) is 3.06. The molecule has 3 aromatic rings. The van der Waals surface area contributed by atoms with Gasteiger partial charge in [-0.2, -0.15) is 0 Å². The number of nitrogens with one attached hydrogen (secondary N) is 1. The first-order chi connectivity index (χ1) is 12.8. The number of aliphatic imine (C=N–C) groups is 1. The Bertz CT molecular complexity index is 948. The Morgan fingerprint density at radius 2 is 2.04 bits per heavy atom. The lowest BCUT2D eigenvalue weighted by Gasteiger charge is -2.26. The van der Waals surface area contributed by atoms with Gasteiger partial charge in [0.25, 0.3) is 0 Å². The van der Waals surface area contributed by atoms with Gasteiger partial charge >= 0.3 is 0 Å². The largest absolute Gasteiger partial charge is 0.493 e. The van der Waals surface area contributed by atoms with Gasteiger partial charge in [0, 0.05) is 12.0 Å². The molecular formula is C20H21N3O3. The lowest BCUT2D eigenvalue weighted by molar-refractivity contribution is 0.262. The standard InChI is InChI=1S/C20H21N3O3/c1-24-19-14-7-3-5-9-17(14)26-18(19)12-22-20(21)23-15-10-11-25-16-8-4-2-6-13(15)16/h2-9,15H,10-12H2,1H3,(H3,21,22,23). The van der Waals surface area contributed by atoms with Crippen molar-refractivity contribution in [2.45, 2.75) is 19.0 Å². The Morgan fingerprint density at radius 1 is 1.23 bits per heavy atom. The molecule has 1 aliphatic rings. The highest BCUT2D eigenvalue weighted by molar-refractivity contribution is 5.85. The van der Waals surface area contributed by atoms with E-state index in [2.05, 4.69) is 10.3 Å². The third-order valence-electron chi connectivity index (χ3n) is 4.50. The molecule has 0 bridgehead atoms. The van der Waals surface area contributed by atoms with Crippen LogP contribution in [0.15, 0.2) is 57.9 Å². The second-order valence-corrected chi connectivity index (χ2v) is 6.13. The molecule has 0 saturated carbocycles. The predicted octanol–water partition coefficient (Wildman–Crippen LogP) is 3.37. The van der Waals surface area contributed by atoms with E-state index >= 15 is 0 Å². The number of rotatable bonds is 4. The number of methoxy groups -OCH3 is 1. The number of fused-ring (bicyclic) bond motifs is 2. The molecule has 26 heavy (non-hydrogen) atoms. The van der Waals surface area contributed by atoms with Crippen LogP contribution in [0.4, 0.5) is 0 Å². The number of guanidine groups is 1. The van der Waals surface area contributed by atoms with Gasteiger partial charge in [-0.3, -0.25) is 0 Å². The summed E-state index contributed by atoms with van der Waals surface area (Å²) >= 11 is 0. The SMILES string of the molecule is COc1c(CN=C(N)NC2CCOc3ccccc32)oc2ccccc12. The molecule has 3 N–H and O–H groups in total. The van der Waals surface area contributed by atoms with Crippen LogP contribution >= 0.6 is 0 Å². The van der Waals surface area contributed by atoms with Gasteiger partial charge in [-0.1, -0.05) is 30.3 Å². The smallest absolute Gasteiger partial charge is 0.189 e. The molecule has 0 aliphatic carbocycles. The number of para-hydroxylation sites is 2. The number of furan rings is 1. The summed E-state index contributed by atoms with van der Waals surface area (Å²) in [5.74, 6) is 2.62. The van der Waals surface area contributed by atoms with Gasteiger partial charge in [0.2, 0.25) is 0 Å². The maximum absolute atomic E-state index is 6.11. The quantitative estimate of drug-likeness (QED) is 0.556. The van der Waals surface area contributed by atoms with Crippen molar-refractivity contribution in [3.63, 3.8) is 0 Å². The molecule has 1 aromatic heterocycles. The van der Waals surface area contributed by atoms with Gasteiger partial charge in [0.1, 0.15) is 17.9 Å². The maximum Gasteiger partial charge on any atom is 0.189 e. The Hall–Kier alpha value is -3.15. The number of benzene rings is 2. The summed E-state index contributed by atoms with van der Waals surface area (Å²) in [6, 6.07) is 15.8. The van der Waals surface area contributed by atoms with Gasteiger partial charge in [-0.05, 0) is 18.2 Å². The minimum atomic E-state index is 0.0845. The Morgan fingerprint density at radius 3 is 2.92 bits per heavy atom. The van der Waals surface area contributed by atoms with Crippen LogP contribution in [-0.2, 0) is 6.54 Å². The lowest BCUT2D eigenvalue weighted by Crippen LogP contribution is -2.37. The first-order valence-corrected chi connectivity index (χ1v) is 8.59. The summed E-state index contributed by atoms with van der Waals surface area (Å²) in [6.07, 6.45) is 0.835. The highest BCUT2D eigenvalue weighted by Crippen LogP contribution is 2.33. The second kappa shape index (κ2) is 7.00. The molecule has 0 saturated heterocycles. The fourth-order valence-corrected chi connectivity index (χ4v) is 3.27. The molecule has 6 nitrogen and oxygen atoms in total. The monoisotopic (exact) mass is 351 g/mol.